The molecule has 0 bridgehead atoms. The standard InChI is InChI=1S/C26H39NO5/c1-2-3-4-10-17-31-24(28)23(18-20-15-16-27-19-20)32-25(29)26(30,22-13-8-9-14-22)21-11-6-5-7-12-21/h5-7,11-12,20,22-23,27,30H,2-4,8-10,13-19H2,1H3. The van der Waals surface area contributed by atoms with Crippen LogP contribution in [-0.4, -0.2) is 42.8 Å². The molecule has 2 fully saturated rings. The lowest BCUT2D eigenvalue weighted by Gasteiger charge is -2.33. The maximum absolute atomic E-state index is 13.5. The second-order valence-corrected chi connectivity index (χ2v) is 9.33. The summed E-state index contributed by atoms with van der Waals surface area (Å²) in [5, 5.41) is 15.0. The SMILES string of the molecule is CCCCCCOC(=O)C(CC1CCNC1)OC(=O)C(O)(c1ccccc1)C1CCCC1. The number of hydrogen-bond donors (Lipinski definition) is 2. The van der Waals surface area contributed by atoms with Gasteiger partial charge < -0.3 is 19.9 Å². The van der Waals surface area contributed by atoms with Crippen LogP contribution >= 0.6 is 0 Å². The monoisotopic (exact) mass is 445 g/mol. The van der Waals surface area contributed by atoms with Gasteiger partial charge in [0.25, 0.3) is 0 Å². The summed E-state index contributed by atoms with van der Waals surface area (Å²) < 4.78 is 11.3. The quantitative estimate of drug-likeness (QED) is 0.372. The van der Waals surface area contributed by atoms with E-state index in [1.54, 1.807) is 12.1 Å². The number of aliphatic hydroxyl groups is 1. The summed E-state index contributed by atoms with van der Waals surface area (Å²) in [4.78, 5) is 26.3. The zero-order valence-electron chi connectivity index (χ0n) is 19.4. The Hall–Kier alpha value is -1.92. The maximum Gasteiger partial charge on any atom is 0.347 e. The second-order valence-electron chi connectivity index (χ2n) is 9.33. The Morgan fingerprint density at radius 2 is 1.88 bits per heavy atom. The first-order chi connectivity index (χ1) is 15.6. The molecule has 1 heterocycles. The molecule has 0 radical (unpaired) electrons. The van der Waals surface area contributed by atoms with Gasteiger partial charge >= 0.3 is 11.9 Å². The van der Waals surface area contributed by atoms with E-state index in [-0.39, 0.29) is 11.8 Å². The lowest BCUT2D eigenvalue weighted by atomic mass is 9.80. The van der Waals surface area contributed by atoms with Crippen LogP contribution in [0.25, 0.3) is 0 Å². The number of benzene rings is 1. The van der Waals surface area contributed by atoms with Crippen molar-refractivity contribution in [2.75, 3.05) is 19.7 Å². The number of carbonyl (C=O) groups is 2. The zero-order valence-corrected chi connectivity index (χ0v) is 19.4. The zero-order chi connectivity index (χ0) is 22.8. The third-order valence-electron chi connectivity index (χ3n) is 6.94. The summed E-state index contributed by atoms with van der Waals surface area (Å²) in [6, 6.07) is 9.02. The molecule has 1 saturated carbocycles. The Morgan fingerprint density at radius 3 is 2.53 bits per heavy atom. The number of nitrogens with one attached hydrogen (secondary N) is 1. The first-order valence-electron chi connectivity index (χ1n) is 12.4. The minimum atomic E-state index is -1.74. The second kappa shape index (κ2) is 12.4. The Morgan fingerprint density at radius 1 is 1.12 bits per heavy atom. The van der Waals surface area contributed by atoms with Crippen LogP contribution in [-0.2, 0) is 24.7 Å². The number of unbranched alkanes of at least 4 members (excludes halogenated alkanes) is 3. The average Bonchev–Trinajstić information content (AvgIpc) is 3.53. The minimum absolute atomic E-state index is 0.212. The van der Waals surface area contributed by atoms with Crippen molar-refractivity contribution < 1.29 is 24.2 Å². The first kappa shape index (κ1) is 24.7. The predicted molar refractivity (Wildman–Crippen MR) is 123 cm³/mol. The molecule has 3 rings (SSSR count). The van der Waals surface area contributed by atoms with Gasteiger partial charge in [0.1, 0.15) is 0 Å². The van der Waals surface area contributed by atoms with Gasteiger partial charge in [-0.05, 0) is 56.7 Å². The molecular weight excluding hydrogens is 406 g/mol. The summed E-state index contributed by atoms with van der Waals surface area (Å²) in [5.74, 6) is -1.19. The lowest BCUT2D eigenvalue weighted by molar-refractivity contribution is -0.188. The molecule has 1 saturated heterocycles. The first-order valence-corrected chi connectivity index (χ1v) is 12.4. The fourth-order valence-electron chi connectivity index (χ4n) is 4.98. The van der Waals surface area contributed by atoms with Crippen molar-refractivity contribution in [1.82, 2.24) is 5.32 Å². The summed E-state index contributed by atoms with van der Waals surface area (Å²) in [7, 11) is 0. The van der Waals surface area contributed by atoms with Gasteiger partial charge in [0.05, 0.1) is 6.61 Å². The summed E-state index contributed by atoms with van der Waals surface area (Å²) >= 11 is 0. The molecule has 0 aromatic heterocycles. The molecule has 1 aromatic rings. The molecule has 6 heteroatoms. The molecule has 0 amide bonds. The molecule has 1 aliphatic carbocycles. The van der Waals surface area contributed by atoms with E-state index in [0.29, 0.717) is 18.6 Å². The Bertz CT molecular complexity index is 712. The van der Waals surface area contributed by atoms with Crippen molar-refractivity contribution in [3.8, 4) is 0 Å². The van der Waals surface area contributed by atoms with Crippen LogP contribution in [0.3, 0.4) is 0 Å². The smallest absolute Gasteiger partial charge is 0.347 e. The molecule has 2 aliphatic rings. The van der Waals surface area contributed by atoms with E-state index in [1.165, 1.54) is 0 Å². The summed E-state index contributed by atoms with van der Waals surface area (Å²) in [6.45, 7) is 4.16. The third kappa shape index (κ3) is 6.32. The molecule has 3 unspecified atom stereocenters. The van der Waals surface area contributed by atoms with Crippen LogP contribution < -0.4 is 5.32 Å². The van der Waals surface area contributed by atoms with Gasteiger partial charge in [-0.1, -0.05) is 69.4 Å². The number of carbonyl (C=O) groups excluding carboxylic acids is 2. The summed E-state index contributed by atoms with van der Waals surface area (Å²) in [5.41, 5.74) is -1.21. The van der Waals surface area contributed by atoms with Crippen LogP contribution in [0.15, 0.2) is 30.3 Å². The fourth-order valence-corrected chi connectivity index (χ4v) is 4.98. The normalized spacial score (nSPS) is 21.8. The highest BCUT2D eigenvalue weighted by atomic mass is 16.6. The molecule has 32 heavy (non-hydrogen) atoms. The van der Waals surface area contributed by atoms with Crippen molar-refractivity contribution in [1.29, 1.82) is 0 Å². The number of hydrogen-bond acceptors (Lipinski definition) is 6. The van der Waals surface area contributed by atoms with Crippen LogP contribution in [0.4, 0.5) is 0 Å². The van der Waals surface area contributed by atoms with Crippen LogP contribution in [0.1, 0.15) is 76.7 Å². The summed E-state index contributed by atoms with van der Waals surface area (Å²) in [6.07, 6.45) is 7.88. The molecule has 6 nitrogen and oxygen atoms in total. The van der Waals surface area contributed by atoms with E-state index in [0.717, 1.165) is 70.9 Å². The van der Waals surface area contributed by atoms with E-state index >= 15 is 0 Å². The van der Waals surface area contributed by atoms with E-state index < -0.39 is 23.6 Å². The van der Waals surface area contributed by atoms with Gasteiger partial charge in [-0.2, -0.15) is 0 Å². The number of rotatable bonds is 12. The topological polar surface area (TPSA) is 84.9 Å². The largest absolute Gasteiger partial charge is 0.463 e. The Labute approximate surface area is 192 Å². The van der Waals surface area contributed by atoms with Gasteiger partial charge in [0.2, 0.25) is 0 Å². The van der Waals surface area contributed by atoms with Gasteiger partial charge in [0.15, 0.2) is 11.7 Å². The van der Waals surface area contributed by atoms with Crippen LogP contribution in [0.2, 0.25) is 0 Å². The van der Waals surface area contributed by atoms with Crippen molar-refractivity contribution in [3.63, 3.8) is 0 Å². The number of ether oxygens (including phenoxy) is 2. The molecule has 178 valence electrons. The van der Waals surface area contributed by atoms with Crippen molar-refractivity contribution in [2.45, 2.75) is 82.8 Å². The molecular formula is C26H39NO5. The Balaban J connectivity index is 1.73. The van der Waals surface area contributed by atoms with Crippen LogP contribution in [0, 0.1) is 11.8 Å². The van der Waals surface area contributed by atoms with E-state index in [1.807, 2.05) is 18.2 Å². The highest BCUT2D eigenvalue weighted by Gasteiger charge is 2.49. The Kier molecular flexibility index (Phi) is 9.54. The van der Waals surface area contributed by atoms with E-state index in [2.05, 4.69) is 12.2 Å². The maximum atomic E-state index is 13.5. The van der Waals surface area contributed by atoms with E-state index in [9.17, 15) is 14.7 Å². The molecule has 1 aliphatic heterocycles. The fraction of sp³-hybridized carbons (Fsp3) is 0.692. The van der Waals surface area contributed by atoms with Crippen LogP contribution in [0.5, 0.6) is 0 Å². The van der Waals surface area contributed by atoms with E-state index in [4.69, 9.17) is 9.47 Å². The molecule has 3 atom stereocenters. The molecule has 2 N–H and O–H groups in total. The van der Waals surface area contributed by atoms with Gasteiger partial charge in [-0.3, -0.25) is 0 Å². The highest BCUT2D eigenvalue weighted by molar-refractivity contribution is 5.85. The van der Waals surface area contributed by atoms with Crippen molar-refractivity contribution >= 4 is 11.9 Å². The predicted octanol–water partition coefficient (Wildman–Crippen LogP) is 4.10. The van der Waals surface area contributed by atoms with Crippen molar-refractivity contribution in [2.24, 2.45) is 11.8 Å². The highest BCUT2D eigenvalue weighted by Crippen LogP contribution is 2.42. The average molecular weight is 446 g/mol. The number of esters is 2. The van der Waals surface area contributed by atoms with Gasteiger partial charge in [-0.25, -0.2) is 9.59 Å². The third-order valence-corrected chi connectivity index (χ3v) is 6.94. The lowest BCUT2D eigenvalue weighted by Crippen LogP contribution is -2.46. The molecule has 0 spiro atoms. The van der Waals surface area contributed by atoms with Gasteiger partial charge in [0, 0.05) is 5.92 Å². The molecule has 1 aromatic carbocycles. The van der Waals surface area contributed by atoms with Crippen molar-refractivity contribution in [3.05, 3.63) is 35.9 Å². The minimum Gasteiger partial charge on any atom is -0.463 e. The van der Waals surface area contributed by atoms with Gasteiger partial charge in [-0.15, -0.1) is 0 Å².